The molecule has 0 unspecified atom stereocenters. The normalized spacial score (nSPS) is 19.7. The standard InChI is InChI=1S/C21H22ClF3N2O4S/c22-15-7-11-17(12-8-15)32(29,30)27(19-4-2-1-3-18(19)20(26)28)13-14-5-9-16(10-6-14)31-21(23,24)25/h5-12,18-19H,1-4,13H2,(H2,26,28)/t18-,19+/m1/s1. The molecule has 1 saturated carbocycles. The molecule has 1 aliphatic rings. The first-order valence-electron chi connectivity index (χ1n) is 9.89. The third kappa shape index (κ3) is 5.93. The minimum atomic E-state index is -4.83. The Morgan fingerprint density at radius 2 is 1.66 bits per heavy atom. The summed E-state index contributed by atoms with van der Waals surface area (Å²) in [7, 11) is -4.07. The molecule has 0 bridgehead atoms. The first kappa shape index (κ1) is 24.3. The lowest BCUT2D eigenvalue weighted by molar-refractivity contribution is -0.274. The van der Waals surface area contributed by atoms with Crippen molar-refractivity contribution in [2.45, 2.75) is 49.5 Å². The van der Waals surface area contributed by atoms with Gasteiger partial charge in [-0.1, -0.05) is 36.6 Å². The SMILES string of the molecule is NC(=O)[C@@H]1CCCC[C@@H]1N(Cc1ccc(OC(F)(F)F)cc1)S(=O)(=O)c1ccc(Cl)cc1. The molecule has 2 N–H and O–H groups in total. The molecule has 0 radical (unpaired) electrons. The third-order valence-corrected chi connectivity index (χ3v) is 7.52. The molecule has 6 nitrogen and oxygen atoms in total. The van der Waals surface area contributed by atoms with Crippen molar-refractivity contribution >= 4 is 27.5 Å². The van der Waals surface area contributed by atoms with Gasteiger partial charge in [-0.25, -0.2) is 8.42 Å². The van der Waals surface area contributed by atoms with Crippen LogP contribution in [0, 0.1) is 5.92 Å². The van der Waals surface area contributed by atoms with Gasteiger partial charge in [0.15, 0.2) is 0 Å². The van der Waals surface area contributed by atoms with Crippen molar-refractivity contribution < 1.29 is 31.1 Å². The van der Waals surface area contributed by atoms with E-state index in [9.17, 15) is 26.4 Å². The van der Waals surface area contributed by atoms with Crippen molar-refractivity contribution in [2.24, 2.45) is 11.7 Å². The quantitative estimate of drug-likeness (QED) is 0.620. The summed E-state index contributed by atoms with van der Waals surface area (Å²) in [6.45, 7) is -0.147. The molecule has 1 amide bonds. The van der Waals surface area contributed by atoms with E-state index in [2.05, 4.69) is 4.74 Å². The van der Waals surface area contributed by atoms with Gasteiger partial charge in [0.05, 0.1) is 10.8 Å². The lowest BCUT2D eigenvalue weighted by Gasteiger charge is -2.38. The second-order valence-electron chi connectivity index (χ2n) is 7.56. The van der Waals surface area contributed by atoms with Crippen molar-refractivity contribution in [1.82, 2.24) is 4.31 Å². The molecule has 2 aromatic carbocycles. The molecule has 0 aliphatic heterocycles. The molecular formula is C21H22ClF3N2O4S. The number of benzene rings is 2. The number of nitrogens with zero attached hydrogens (tertiary/aromatic N) is 1. The predicted molar refractivity (Wildman–Crippen MR) is 112 cm³/mol. The summed E-state index contributed by atoms with van der Waals surface area (Å²) in [6, 6.07) is 9.89. The van der Waals surface area contributed by atoms with Gasteiger partial charge in [-0.2, -0.15) is 4.31 Å². The maximum Gasteiger partial charge on any atom is 0.573 e. The number of hydrogen-bond donors (Lipinski definition) is 1. The largest absolute Gasteiger partial charge is 0.573 e. The van der Waals surface area contributed by atoms with Gasteiger partial charge < -0.3 is 10.5 Å². The van der Waals surface area contributed by atoms with Gasteiger partial charge in [0.1, 0.15) is 5.75 Å². The van der Waals surface area contributed by atoms with Crippen molar-refractivity contribution in [3.05, 3.63) is 59.1 Å². The van der Waals surface area contributed by atoms with E-state index in [1.165, 1.54) is 40.7 Å². The van der Waals surface area contributed by atoms with E-state index < -0.39 is 40.0 Å². The molecule has 0 aromatic heterocycles. The number of rotatable bonds is 7. The van der Waals surface area contributed by atoms with E-state index in [1.54, 1.807) is 0 Å². The van der Waals surface area contributed by atoms with Crippen molar-refractivity contribution in [3.8, 4) is 5.75 Å². The van der Waals surface area contributed by atoms with E-state index >= 15 is 0 Å². The molecule has 3 rings (SSSR count). The number of carbonyl (C=O) groups is 1. The van der Waals surface area contributed by atoms with Gasteiger partial charge in [-0.15, -0.1) is 13.2 Å². The van der Waals surface area contributed by atoms with Crippen LogP contribution in [0.3, 0.4) is 0 Å². The number of amides is 1. The zero-order valence-corrected chi connectivity index (χ0v) is 18.5. The second-order valence-corrected chi connectivity index (χ2v) is 9.88. The van der Waals surface area contributed by atoms with Gasteiger partial charge >= 0.3 is 6.36 Å². The number of nitrogens with two attached hydrogens (primary N) is 1. The van der Waals surface area contributed by atoms with Gasteiger partial charge in [-0.3, -0.25) is 4.79 Å². The van der Waals surface area contributed by atoms with Crippen LogP contribution in [0.1, 0.15) is 31.2 Å². The fraction of sp³-hybridized carbons (Fsp3) is 0.381. The highest BCUT2D eigenvalue weighted by Crippen LogP contribution is 2.34. The van der Waals surface area contributed by atoms with Crippen LogP contribution in [0.15, 0.2) is 53.4 Å². The van der Waals surface area contributed by atoms with Crippen LogP contribution in [-0.2, 0) is 21.4 Å². The van der Waals surface area contributed by atoms with Crippen LogP contribution in [-0.4, -0.2) is 31.0 Å². The lowest BCUT2D eigenvalue weighted by Crippen LogP contribution is -2.49. The van der Waals surface area contributed by atoms with Crippen LogP contribution < -0.4 is 10.5 Å². The number of hydrogen-bond acceptors (Lipinski definition) is 4. The fourth-order valence-corrected chi connectivity index (χ4v) is 5.69. The molecule has 32 heavy (non-hydrogen) atoms. The maximum atomic E-state index is 13.5. The number of carbonyl (C=O) groups excluding carboxylic acids is 1. The van der Waals surface area contributed by atoms with E-state index in [-0.39, 0.29) is 11.4 Å². The maximum absolute atomic E-state index is 13.5. The molecule has 0 spiro atoms. The topological polar surface area (TPSA) is 89.7 Å². The second kappa shape index (κ2) is 9.68. The molecule has 1 fully saturated rings. The highest BCUT2D eigenvalue weighted by atomic mass is 35.5. The average molecular weight is 491 g/mol. The molecule has 11 heteroatoms. The Kier molecular flexibility index (Phi) is 7.36. The van der Waals surface area contributed by atoms with Crippen molar-refractivity contribution in [1.29, 1.82) is 0 Å². The number of primary amides is 1. The Bertz CT molecular complexity index is 1040. The molecule has 174 valence electrons. The number of alkyl halides is 3. The summed E-state index contributed by atoms with van der Waals surface area (Å²) in [5, 5.41) is 0.364. The van der Waals surface area contributed by atoms with E-state index in [0.717, 1.165) is 25.0 Å². The molecule has 2 aromatic rings. The summed E-state index contributed by atoms with van der Waals surface area (Å²) in [5.41, 5.74) is 6.00. The molecule has 0 heterocycles. The highest BCUT2D eigenvalue weighted by Gasteiger charge is 2.40. The smallest absolute Gasteiger partial charge is 0.406 e. The van der Waals surface area contributed by atoms with E-state index in [1.807, 2.05) is 0 Å². The summed E-state index contributed by atoms with van der Waals surface area (Å²) in [4.78, 5) is 12.1. The third-order valence-electron chi connectivity index (χ3n) is 5.38. The first-order valence-corrected chi connectivity index (χ1v) is 11.7. The number of ether oxygens (including phenoxy) is 1. The summed E-state index contributed by atoms with van der Waals surface area (Å²) in [6.07, 6.45) is -2.45. The Labute approximate surface area is 189 Å². The summed E-state index contributed by atoms with van der Waals surface area (Å²) in [5.74, 6) is -1.67. The highest BCUT2D eigenvalue weighted by molar-refractivity contribution is 7.89. The van der Waals surface area contributed by atoms with Gasteiger partial charge in [0.2, 0.25) is 15.9 Å². The minimum Gasteiger partial charge on any atom is -0.406 e. The Balaban J connectivity index is 1.97. The van der Waals surface area contributed by atoms with Crippen LogP contribution in [0.2, 0.25) is 5.02 Å². The Morgan fingerprint density at radius 1 is 1.06 bits per heavy atom. The monoisotopic (exact) mass is 490 g/mol. The molecular weight excluding hydrogens is 469 g/mol. The molecule has 2 atom stereocenters. The van der Waals surface area contributed by atoms with E-state index in [4.69, 9.17) is 17.3 Å². The van der Waals surface area contributed by atoms with Crippen LogP contribution in [0.25, 0.3) is 0 Å². The zero-order valence-electron chi connectivity index (χ0n) is 16.9. The molecule has 1 aliphatic carbocycles. The fourth-order valence-electron chi connectivity index (χ4n) is 3.89. The van der Waals surface area contributed by atoms with Crippen LogP contribution in [0.5, 0.6) is 5.75 Å². The predicted octanol–water partition coefficient (Wildman–Crippen LogP) is 4.47. The lowest BCUT2D eigenvalue weighted by atomic mass is 9.84. The molecule has 0 saturated heterocycles. The Hall–Kier alpha value is -2.30. The minimum absolute atomic E-state index is 0.00674. The van der Waals surface area contributed by atoms with Crippen molar-refractivity contribution in [3.63, 3.8) is 0 Å². The number of halogens is 4. The zero-order chi connectivity index (χ0) is 23.5. The number of sulfonamides is 1. The van der Waals surface area contributed by atoms with Gasteiger partial charge in [0, 0.05) is 17.6 Å². The summed E-state index contributed by atoms with van der Waals surface area (Å²) >= 11 is 5.88. The van der Waals surface area contributed by atoms with Gasteiger partial charge in [0.25, 0.3) is 0 Å². The Morgan fingerprint density at radius 3 is 2.22 bits per heavy atom. The summed E-state index contributed by atoms with van der Waals surface area (Å²) < 4.78 is 69.4. The van der Waals surface area contributed by atoms with Gasteiger partial charge in [-0.05, 0) is 54.8 Å². The average Bonchev–Trinajstić information content (AvgIpc) is 2.72. The van der Waals surface area contributed by atoms with Crippen molar-refractivity contribution in [2.75, 3.05) is 0 Å². The van der Waals surface area contributed by atoms with Crippen LogP contribution in [0.4, 0.5) is 13.2 Å². The van der Waals surface area contributed by atoms with E-state index in [0.29, 0.717) is 23.4 Å². The van der Waals surface area contributed by atoms with Crippen LogP contribution >= 0.6 is 11.6 Å². The first-order chi connectivity index (χ1) is 15.0.